The first-order chi connectivity index (χ1) is 15.5. The van der Waals surface area contributed by atoms with Crippen molar-refractivity contribution in [2.75, 3.05) is 38.5 Å². The third-order valence-electron chi connectivity index (χ3n) is 6.36. The van der Waals surface area contributed by atoms with Crippen molar-refractivity contribution in [2.24, 2.45) is 0 Å². The van der Waals surface area contributed by atoms with E-state index in [1.165, 1.54) is 17.7 Å². The van der Waals surface area contributed by atoms with Crippen molar-refractivity contribution >= 4 is 17.8 Å². The van der Waals surface area contributed by atoms with Gasteiger partial charge in [0.15, 0.2) is 0 Å². The minimum Gasteiger partial charge on any atom is -0.481 e. The SMILES string of the molecule is CNc1ccc([C@H](CC(=O)O)N2CCN(CCCC3=CC=C4CCCNC4N3)C2=O)cn1. The zero-order valence-corrected chi connectivity index (χ0v) is 18.5. The zero-order chi connectivity index (χ0) is 22.5. The number of allylic oxidation sites excluding steroid dienone is 3. The van der Waals surface area contributed by atoms with Gasteiger partial charge in [0.25, 0.3) is 0 Å². The molecule has 0 spiro atoms. The predicted molar refractivity (Wildman–Crippen MR) is 122 cm³/mol. The number of aromatic nitrogens is 1. The largest absolute Gasteiger partial charge is 0.481 e. The Kier molecular flexibility index (Phi) is 6.94. The molecule has 2 saturated heterocycles. The standard InChI is InChI=1S/C23H32N6O3/c1-24-20-9-7-17(15-26-20)19(14-21(30)31)29-13-12-28(23(29)32)11-3-5-18-8-6-16-4-2-10-25-22(16)27-18/h6-9,15,19,22,25,27H,2-5,10-14H2,1H3,(H,24,26)(H,30,31)/t19-,22?/m0/s1. The Labute approximate surface area is 188 Å². The van der Waals surface area contributed by atoms with Crippen LogP contribution < -0.4 is 16.0 Å². The highest BCUT2D eigenvalue weighted by Crippen LogP contribution is 2.29. The molecule has 172 valence electrons. The van der Waals surface area contributed by atoms with E-state index >= 15 is 0 Å². The number of fused-ring (bicyclic) bond motifs is 1. The highest BCUT2D eigenvalue weighted by Gasteiger charge is 2.35. The van der Waals surface area contributed by atoms with Gasteiger partial charge in [0, 0.05) is 38.6 Å². The maximum absolute atomic E-state index is 13.1. The molecule has 4 N–H and O–H groups in total. The number of anilines is 1. The van der Waals surface area contributed by atoms with Crippen LogP contribution in [0.1, 0.15) is 43.7 Å². The molecule has 0 aromatic carbocycles. The summed E-state index contributed by atoms with van der Waals surface area (Å²) in [7, 11) is 1.78. The minimum atomic E-state index is -0.932. The predicted octanol–water partition coefficient (Wildman–Crippen LogP) is 2.28. The molecule has 4 rings (SSSR count). The van der Waals surface area contributed by atoms with E-state index in [-0.39, 0.29) is 18.6 Å². The molecule has 9 nitrogen and oxygen atoms in total. The molecule has 1 aromatic rings. The lowest BCUT2D eigenvalue weighted by atomic mass is 9.99. The van der Waals surface area contributed by atoms with Gasteiger partial charge in [-0.05, 0) is 55.5 Å². The van der Waals surface area contributed by atoms with Gasteiger partial charge in [-0.3, -0.25) is 10.1 Å². The maximum Gasteiger partial charge on any atom is 0.320 e. The molecule has 0 aliphatic carbocycles. The van der Waals surface area contributed by atoms with Crippen LogP contribution in [-0.4, -0.2) is 71.3 Å². The number of nitrogens with zero attached hydrogens (tertiary/aromatic N) is 3. The Morgan fingerprint density at radius 3 is 2.97 bits per heavy atom. The smallest absolute Gasteiger partial charge is 0.320 e. The van der Waals surface area contributed by atoms with Gasteiger partial charge in [0.1, 0.15) is 5.82 Å². The number of carbonyl (C=O) groups is 2. The molecule has 3 aliphatic rings. The number of carboxylic acid groups (broad SMARTS) is 1. The molecule has 0 bridgehead atoms. The molecule has 1 unspecified atom stereocenters. The van der Waals surface area contributed by atoms with Crippen molar-refractivity contribution < 1.29 is 14.7 Å². The molecule has 9 heteroatoms. The quantitative estimate of drug-likeness (QED) is 0.466. The summed E-state index contributed by atoms with van der Waals surface area (Å²) < 4.78 is 0. The molecule has 2 amide bonds. The summed E-state index contributed by atoms with van der Waals surface area (Å²) in [5.74, 6) is -0.230. The lowest BCUT2D eigenvalue weighted by molar-refractivity contribution is -0.138. The van der Waals surface area contributed by atoms with Gasteiger partial charge >= 0.3 is 12.0 Å². The monoisotopic (exact) mass is 440 g/mol. The second-order valence-corrected chi connectivity index (χ2v) is 8.48. The highest BCUT2D eigenvalue weighted by molar-refractivity contribution is 5.78. The number of piperidine rings is 1. The summed E-state index contributed by atoms with van der Waals surface area (Å²) in [4.78, 5) is 32.4. The van der Waals surface area contributed by atoms with Crippen LogP contribution >= 0.6 is 0 Å². The Hall–Kier alpha value is -3.07. The number of carboxylic acids is 1. The molecular formula is C23H32N6O3. The molecular weight excluding hydrogens is 408 g/mol. The van der Waals surface area contributed by atoms with E-state index in [9.17, 15) is 14.7 Å². The second-order valence-electron chi connectivity index (χ2n) is 8.48. The van der Waals surface area contributed by atoms with Crippen LogP contribution in [-0.2, 0) is 4.79 Å². The van der Waals surface area contributed by atoms with Crippen LogP contribution in [0.5, 0.6) is 0 Å². The number of dihydropyridines is 1. The fourth-order valence-corrected chi connectivity index (χ4v) is 4.62. The third kappa shape index (κ3) is 5.04. The Bertz CT molecular complexity index is 897. The molecule has 4 heterocycles. The van der Waals surface area contributed by atoms with Crippen LogP contribution in [0.2, 0.25) is 0 Å². The van der Waals surface area contributed by atoms with Gasteiger partial charge < -0.3 is 25.5 Å². The minimum absolute atomic E-state index is 0.101. The van der Waals surface area contributed by atoms with Crippen molar-refractivity contribution in [3.05, 3.63) is 47.3 Å². The molecule has 2 atom stereocenters. The van der Waals surface area contributed by atoms with Gasteiger partial charge in [-0.15, -0.1) is 0 Å². The maximum atomic E-state index is 13.1. The van der Waals surface area contributed by atoms with Gasteiger partial charge in [0.2, 0.25) is 0 Å². The molecule has 1 aromatic heterocycles. The number of carbonyl (C=O) groups excluding carboxylic acids is 1. The van der Waals surface area contributed by atoms with E-state index in [0.717, 1.165) is 31.4 Å². The zero-order valence-electron chi connectivity index (χ0n) is 18.5. The number of rotatable bonds is 9. The molecule has 32 heavy (non-hydrogen) atoms. The van der Waals surface area contributed by atoms with Crippen molar-refractivity contribution in [2.45, 2.75) is 44.3 Å². The first-order valence-corrected chi connectivity index (χ1v) is 11.4. The number of amides is 2. The lowest BCUT2D eigenvalue weighted by Gasteiger charge is -2.32. The molecule has 0 saturated carbocycles. The summed E-state index contributed by atoms with van der Waals surface area (Å²) in [6.07, 6.45) is 10.2. The van der Waals surface area contributed by atoms with Crippen LogP contribution in [0.25, 0.3) is 0 Å². The summed E-state index contributed by atoms with van der Waals surface area (Å²) in [5, 5.41) is 19.4. The number of nitrogens with one attached hydrogen (secondary N) is 3. The fraction of sp³-hybridized carbons (Fsp3) is 0.522. The fourth-order valence-electron chi connectivity index (χ4n) is 4.62. The van der Waals surface area contributed by atoms with E-state index in [4.69, 9.17) is 0 Å². The summed E-state index contributed by atoms with van der Waals surface area (Å²) >= 11 is 0. The van der Waals surface area contributed by atoms with E-state index in [2.05, 4.69) is 33.1 Å². The van der Waals surface area contributed by atoms with Crippen molar-refractivity contribution in [1.29, 1.82) is 0 Å². The summed E-state index contributed by atoms with van der Waals surface area (Å²) in [6, 6.07) is 3.02. The number of pyridine rings is 1. The number of hydrogen-bond acceptors (Lipinski definition) is 6. The molecule has 3 aliphatic heterocycles. The van der Waals surface area contributed by atoms with E-state index in [1.54, 1.807) is 24.2 Å². The van der Waals surface area contributed by atoms with Crippen molar-refractivity contribution in [1.82, 2.24) is 25.4 Å². The average molecular weight is 441 g/mol. The summed E-state index contributed by atoms with van der Waals surface area (Å²) in [5.41, 5.74) is 3.34. The van der Waals surface area contributed by atoms with Gasteiger partial charge in [-0.25, -0.2) is 9.78 Å². The number of aliphatic carboxylic acids is 1. The first kappa shape index (κ1) is 22.1. The van der Waals surface area contributed by atoms with Crippen molar-refractivity contribution in [3.8, 4) is 0 Å². The third-order valence-corrected chi connectivity index (χ3v) is 6.36. The molecule has 2 fully saturated rings. The Balaban J connectivity index is 1.34. The van der Waals surface area contributed by atoms with Gasteiger partial charge in [-0.2, -0.15) is 0 Å². The highest BCUT2D eigenvalue weighted by atomic mass is 16.4. The van der Waals surface area contributed by atoms with Crippen LogP contribution in [0.4, 0.5) is 10.6 Å². The van der Waals surface area contributed by atoms with Crippen LogP contribution in [0.3, 0.4) is 0 Å². The topological polar surface area (TPSA) is 110 Å². The van der Waals surface area contributed by atoms with Crippen LogP contribution in [0.15, 0.2) is 41.8 Å². The second kappa shape index (κ2) is 10.0. The average Bonchev–Trinajstić information content (AvgIpc) is 3.17. The van der Waals surface area contributed by atoms with E-state index < -0.39 is 12.0 Å². The van der Waals surface area contributed by atoms with E-state index in [1.807, 2.05) is 11.0 Å². The number of urea groups is 1. The normalized spacial score (nSPS) is 21.4. The summed E-state index contributed by atoms with van der Waals surface area (Å²) in [6.45, 7) is 2.81. The number of hydrogen-bond donors (Lipinski definition) is 4. The van der Waals surface area contributed by atoms with Gasteiger partial charge in [-0.1, -0.05) is 12.1 Å². The lowest BCUT2D eigenvalue weighted by Crippen LogP contribution is -2.47. The first-order valence-electron chi connectivity index (χ1n) is 11.4. The van der Waals surface area contributed by atoms with Crippen molar-refractivity contribution in [3.63, 3.8) is 0 Å². The van der Waals surface area contributed by atoms with Gasteiger partial charge in [0.05, 0.1) is 18.6 Å². The Morgan fingerprint density at radius 1 is 1.34 bits per heavy atom. The van der Waals surface area contributed by atoms with Crippen LogP contribution in [0, 0.1) is 0 Å². The van der Waals surface area contributed by atoms with E-state index in [0.29, 0.717) is 25.5 Å². The Morgan fingerprint density at radius 2 is 2.22 bits per heavy atom. The molecule has 0 radical (unpaired) electrons.